The van der Waals surface area contributed by atoms with E-state index in [2.05, 4.69) is 5.32 Å². The summed E-state index contributed by atoms with van der Waals surface area (Å²) < 4.78 is 0. The number of nitrogens with two attached hydrogens (primary N) is 1. The Morgan fingerprint density at radius 1 is 1.43 bits per heavy atom. The fraction of sp³-hybridized carbons (Fsp3) is 0.909. The van der Waals surface area contributed by atoms with Crippen molar-refractivity contribution in [2.45, 2.75) is 51.5 Å². The van der Waals surface area contributed by atoms with Gasteiger partial charge in [-0.05, 0) is 32.6 Å². The molecule has 0 aromatic rings. The van der Waals surface area contributed by atoms with Gasteiger partial charge in [-0.15, -0.1) is 0 Å². The van der Waals surface area contributed by atoms with Gasteiger partial charge in [0.25, 0.3) is 0 Å². The standard InChI is InChI=1S/C11H22N2O/c1-11(2,12)8-13-10(14)7-9-5-3-4-6-9/h9H,3-8,12H2,1-2H3,(H,13,14). The lowest BCUT2D eigenvalue weighted by Crippen LogP contribution is -2.45. The van der Waals surface area contributed by atoms with Crippen LogP contribution in [0.15, 0.2) is 0 Å². The van der Waals surface area contributed by atoms with Crippen molar-refractivity contribution in [3.05, 3.63) is 0 Å². The summed E-state index contributed by atoms with van der Waals surface area (Å²) in [7, 11) is 0. The summed E-state index contributed by atoms with van der Waals surface area (Å²) in [5, 5.41) is 2.89. The number of amides is 1. The zero-order valence-corrected chi connectivity index (χ0v) is 9.31. The Kier molecular flexibility index (Phi) is 3.93. The highest BCUT2D eigenvalue weighted by molar-refractivity contribution is 5.76. The van der Waals surface area contributed by atoms with Crippen molar-refractivity contribution >= 4 is 5.91 Å². The first-order chi connectivity index (χ1) is 6.47. The Balaban J connectivity index is 2.15. The van der Waals surface area contributed by atoms with Gasteiger partial charge in [0.15, 0.2) is 0 Å². The van der Waals surface area contributed by atoms with E-state index < -0.39 is 0 Å². The normalized spacial score (nSPS) is 18.5. The molecule has 0 spiro atoms. The molecule has 1 saturated carbocycles. The van der Waals surface area contributed by atoms with Gasteiger partial charge in [-0.2, -0.15) is 0 Å². The van der Waals surface area contributed by atoms with E-state index in [0.717, 1.165) is 0 Å². The largest absolute Gasteiger partial charge is 0.354 e. The first kappa shape index (κ1) is 11.5. The van der Waals surface area contributed by atoms with Crippen molar-refractivity contribution < 1.29 is 4.79 Å². The summed E-state index contributed by atoms with van der Waals surface area (Å²) in [6, 6.07) is 0. The molecule has 82 valence electrons. The zero-order valence-electron chi connectivity index (χ0n) is 9.31. The maximum Gasteiger partial charge on any atom is 0.220 e. The lowest BCUT2D eigenvalue weighted by atomic mass is 10.0. The number of rotatable bonds is 4. The molecule has 0 atom stereocenters. The second-order valence-corrected chi connectivity index (χ2v) is 5.12. The van der Waals surface area contributed by atoms with Crippen LogP contribution < -0.4 is 11.1 Å². The molecular weight excluding hydrogens is 176 g/mol. The van der Waals surface area contributed by atoms with E-state index in [-0.39, 0.29) is 11.4 Å². The van der Waals surface area contributed by atoms with Gasteiger partial charge >= 0.3 is 0 Å². The topological polar surface area (TPSA) is 55.1 Å². The second kappa shape index (κ2) is 4.78. The molecule has 1 rings (SSSR count). The predicted octanol–water partition coefficient (Wildman–Crippen LogP) is 1.42. The van der Waals surface area contributed by atoms with Crippen LogP contribution >= 0.6 is 0 Å². The van der Waals surface area contributed by atoms with E-state index in [9.17, 15) is 4.79 Å². The van der Waals surface area contributed by atoms with Gasteiger partial charge in [-0.25, -0.2) is 0 Å². The highest BCUT2D eigenvalue weighted by Gasteiger charge is 2.19. The van der Waals surface area contributed by atoms with Crippen molar-refractivity contribution in [1.29, 1.82) is 0 Å². The van der Waals surface area contributed by atoms with Crippen molar-refractivity contribution in [2.75, 3.05) is 6.54 Å². The number of carbonyl (C=O) groups excluding carboxylic acids is 1. The van der Waals surface area contributed by atoms with Crippen LogP contribution in [0.2, 0.25) is 0 Å². The van der Waals surface area contributed by atoms with Gasteiger partial charge in [0, 0.05) is 18.5 Å². The van der Waals surface area contributed by atoms with Gasteiger partial charge in [0.2, 0.25) is 5.91 Å². The van der Waals surface area contributed by atoms with Gasteiger partial charge in [-0.1, -0.05) is 12.8 Å². The molecule has 0 radical (unpaired) electrons. The molecule has 0 aromatic heterocycles. The van der Waals surface area contributed by atoms with E-state index >= 15 is 0 Å². The summed E-state index contributed by atoms with van der Waals surface area (Å²) in [4.78, 5) is 11.5. The van der Waals surface area contributed by atoms with Crippen LogP contribution in [0.1, 0.15) is 46.0 Å². The summed E-state index contributed by atoms with van der Waals surface area (Å²) in [5.41, 5.74) is 5.48. The molecule has 1 aliphatic rings. The third kappa shape index (κ3) is 4.61. The van der Waals surface area contributed by atoms with Crippen molar-refractivity contribution in [2.24, 2.45) is 11.7 Å². The van der Waals surface area contributed by atoms with Crippen molar-refractivity contribution in [3.63, 3.8) is 0 Å². The summed E-state index contributed by atoms with van der Waals surface area (Å²) in [5.74, 6) is 0.784. The van der Waals surface area contributed by atoms with Gasteiger partial charge < -0.3 is 11.1 Å². The molecule has 3 nitrogen and oxygen atoms in total. The van der Waals surface area contributed by atoms with Gasteiger partial charge in [0.1, 0.15) is 0 Å². The van der Waals surface area contributed by atoms with Crippen LogP contribution in [0.3, 0.4) is 0 Å². The second-order valence-electron chi connectivity index (χ2n) is 5.12. The van der Waals surface area contributed by atoms with Crippen molar-refractivity contribution in [3.8, 4) is 0 Å². The molecule has 0 saturated heterocycles. The van der Waals surface area contributed by atoms with Crippen LogP contribution in [-0.2, 0) is 4.79 Å². The summed E-state index contributed by atoms with van der Waals surface area (Å²) in [6.45, 7) is 4.41. The molecule has 1 aliphatic carbocycles. The van der Waals surface area contributed by atoms with E-state index in [1.165, 1.54) is 25.7 Å². The van der Waals surface area contributed by atoms with Gasteiger partial charge in [-0.3, -0.25) is 4.79 Å². The highest BCUT2D eigenvalue weighted by atomic mass is 16.1. The number of hydrogen-bond acceptors (Lipinski definition) is 2. The summed E-state index contributed by atoms with van der Waals surface area (Å²) >= 11 is 0. The van der Waals surface area contributed by atoms with E-state index in [0.29, 0.717) is 18.9 Å². The molecule has 3 heteroatoms. The first-order valence-corrected chi connectivity index (χ1v) is 5.53. The van der Waals surface area contributed by atoms with E-state index in [1.807, 2.05) is 13.8 Å². The number of nitrogens with one attached hydrogen (secondary N) is 1. The third-order valence-electron chi connectivity index (χ3n) is 2.69. The molecular formula is C11H22N2O. The van der Waals surface area contributed by atoms with Crippen LogP contribution in [0.5, 0.6) is 0 Å². The Labute approximate surface area is 86.4 Å². The number of carbonyl (C=O) groups is 1. The van der Waals surface area contributed by atoms with Crippen LogP contribution in [0.4, 0.5) is 0 Å². The van der Waals surface area contributed by atoms with E-state index in [4.69, 9.17) is 5.73 Å². The minimum Gasteiger partial charge on any atom is -0.354 e. The molecule has 0 aliphatic heterocycles. The Morgan fingerprint density at radius 3 is 2.50 bits per heavy atom. The van der Waals surface area contributed by atoms with E-state index in [1.54, 1.807) is 0 Å². The monoisotopic (exact) mass is 198 g/mol. The lowest BCUT2D eigenvalue weighted by Gasteiger charge is -2.19. The van der Waals surface area contributed by atoms with Crippen LogP contribution in [0, 0.1) is 5.92 Å². The molecule has 0 heterocycles. The Morgan fingerprint density at radius 2 is 2.00 bits per heavy atom. The van der Waals surface area contributed by atoms with Crippen molar-refractivity contribution in [1.82, 2.24) is 5.32 Å². The van der Waals surface area contributed by atoms with Crippen LogP contribution in [0.25, 0.3) is 0 Å². The van der Waals surface area contributed by atoms with Crippen LogP contribution in [-0.4, -0.2) is 18.0 Å². The molecule has 3 N–H and O–H groups in total. The average Bonchev–Trinajstić information content (AvgIpc) is 2.52. The SMILES string of the molecule is CC(C)(N)CNC(=O)CC1CCCC1. The minimum atomic E-state index is -0.300. The lowest BCUT2D eigenvalue weighted by molar-refractivity contribution is -0.122. The molecule has 0 unspecified atom stereocenters. The maximum absolute atomic E-state index is 11.5. The molecule has 14 heavy (non-hydrogen) atoms. The van der Waals surface area contributed by atoms with Gasteiger partial charge in [0.05, 0.1) is 0 Å². The first-order valence-electron chi connectivity index (χ1n) is 5.53. The molecule has 0 aromatic carbocycles. The number of hydrogen-bond donors (Lipinski definition) is 2. The zero-order chi connectivity index (χ0) is 10.6. The predicted molar refractivity (Wildman–Crippen MR) is 57.9 cm³/mol. The third-order valence-corrected chi connectivity index (χ3v) is 2.69. The smallest absolute Gasteiger partial charge is 0.220 e. The minimum absolute atomic E-state index is 0.162. The average molecular weight is 198 g/mol. The quantitative estimate of drug-likeness (QED) is 0.718. The Bertz CT molecular complexity index is 190. The molecule has 0 bridgehead atoms. The highest BCUT2D eigenvalue weighted by Crippen LogP contribution is 2.27. The maximum atomic E-state index is 11.5. The Hall–Kier alpha value is -0.570. The summed E-state index contributed by atoms with van der Waals surface area (Å²) in [6.07, 6.45) is 5.72. The fourth-order valence-corrected chi connectivity index (χ4v) is 1.88. The molecule has 1 fully saturated rings. The fourth-order valence-electron chi connectivity index (χ4n) is 1.88. The molecule has 1 amide bonds.